The minimum absolute atomic E-state index is 0.135. The first-order valence-electron chi connectivity index (χ1n) is 19.8. The van der Waals surface area contributed by atoms with Crippen molar-refractivity contribution in [3.63, 3.8) is 0 Å². The Kier molecular flexibility index (Phi) is 6.98. The van der Waals surface area contributed by atoms with Crippen molar-refractivity contribution in [2.45, 2.75) is 38.5 Å². The minimum Gasteiger partial charge on any atom is -0.309 e. The first-order chi connectivity index (χ1) is 27.3. The summed E-state index contributed by atoms with van der Waals surface area (Å²) < 4.78 is 2.43. The Bertz CT molecular complexity index is 2980. The van der Waals surface area contributed by atoms with E-state index >= 15 is 0 Å². The van der Waals surface area contributed by atoms with E-state index in [1.807, 2.05) is 0 Å². The van der Waals surface area contributed by atoms with Gasteiger partial charge in [0.1, 0.15) is 0 Å². The summed E-state index contributed by atoms with van der Waals surface area (Å²) in [6, 6.07) is 67.6. The molecule has 8 aromatic carbocycles. The van der Waals surface area contributed by atoms with Crippen molar-refractivity contribution in [3.8, 4) is 39.1 Å². The maximum atomic E-state index is 2.60. The lowest BCUT2D eigenvalue weighted by atomic mass is 9.81. The van der Waals surface area contributed by atoms with Crippen LogP contribution in [0.15, 0.2) is 182 Å². The lowest BCUT2D eigenvalue weighted by molar-refractivity contribution is 0.659. The van der Waals surface area contributed by atoms with Gasteiger partial charge in [-0.1, -0.05) is 167 Å². The highest BCUT2D eigenvalue weighted by atomic mass is 15.2. The van der Waals surface area contributed by atoms with Gasteiger partial charge in [-0.3, -0.25) is 0 Å². The molecule has 0 aliphatic heterocycles. The number of aromatic nitrogens is 1. The zero-order valence-electron chi connectivity index (χ0n) is 32.2. The molecule has 0 fully saturated rings. The van der Waals surface area contributed by atoms with Crippen LogP contribution in [-0.2, 0) is 10.8 Å². The van der Waals surface area contributed by atoms with Gasteiger partial charge in [-0.15, -0.1) is 0 Å². The van der Waals surface area contributed by atoms with E-state index in [4.69, 9.17) is 0 Å². The average molecular weight is 719 g/mol. The molecule has 268 valence electrons. The molecular weight excluding hydrogens is 677 g/mol. The summed E-state index contributed by atoms with van der Waals surface area (Å²) in [6.45, 7) is 9.55. The van der Waals surface area contributed by atoms with Gasteiger partial charge >= 0.3 is 0 Å². The van der Waals surface area contributed by atoms with Gasteiger partial charge < -0.3 is 9.47 Å². The van der Waals surface area contributed by atoms with Crippen molar-refractivity contribution in [1.29, 1.82) is 0 Å². The lowest BCUT2D eigenvalue weighted by Crippen LogP contribution is -2.22. The second kappa shape index (κ2) is 11.9. The van der Waals surface area contributed by atoms with Crippen molar-refractivity contribution < 1.29 is 0 Å². The molecule has 0 atom stereocenters. The molecule has 2 heteroatoms. The van der Waals surface area contributed by atoms with Gasteiger partial charge in [0.25, 0.3) is 0 Å². The fourth-order valence-electron chi connectivity index (χ4n) is 10.2. The molecule has 0 bridgehead atoms. The molecule has 0 spiro atoms. The Morgan fingerprint density at radius 2 is 0.946 bits per heavy atom. The number of hydrogen-bond acceptors (Lipinski definition) is 1. The minimum atomic E-state index is -0.217. The summed E-state index contributed by atoms with van der Waals surface area (Å²) in [4.78, 5) is 2.60. The standard InChI is InChI=1S/C54H42N2/c1-53(2)44-26-13-9-23-41(44)51-45(53)27-17-30-49(51)56(50-31-16-24-40-37-20-8-12-25-43(37)54(3,4)52(40)50)48-33-32-36(34-42(48)35-18-6-5-7-19-35)55-46-28-14-10-21-38(46)39-22-11-15-29-47(39)55/h5-34H,1-4H3. The van der Waals surface area contributed by atoms with Gasteiger partial charge in [-0.2, -0.15) is 0 Å². The highest BCUT2D eigenvalue weighted by Gasteiger charge is 2.41. The van der Waals surface area contributed by atoms with Crippen molar-refractivity contribution >= 4 is 38.9 Å². The van der Waals surface area contributed by atoms with Crippen LogP contribution in [0.3, 0.4) is 0 Å². The van der Waals surface area contributed by atoms with E-state index in [-0.39, 0.29) is 10.8 Å². The van der Waals surface area contributed by atoms with Crippen molar-refractivity contribution in [2.75, 3.05) is 4.90 Å². The van der Waals surface area contributed by atoms with Crippen LogP contribution in [0.5, 0.6) is 0 Å². The van der Waals surface area contributed by atoms with Crippen LogP contribution < -0.4 is 4.90 Å². The third-order valence-corrected chi connectivity index (χ3v) is 12.8. The summed E-state index contributed by atoms with van der Waals surface area (Å²) in [7, 11) is 0. The van der Waals surface area contributed by atoms with Crippen molar-refractivity contribution in [1.82, 2.24) is 4.57 Å². The Hall–Kier alpha value is -6.64. The Morgan fingerprint density at radius 1 is 0.393 bits per heavy atom. The van der Waals surface area contributed by atoms with Crippen LogP contribution in [0.25, 0.3) is 60.9 Å². The zero-order valence-corrected chi connectivity index (χ0v) is 32.2. The molecule has 56 heavy (non-hydrogen) atoms. The summed E-state index contributed by atoms with van der Waals surface area (Å²) in [5.74, 6) is 0. The van der Waals surface area contributed by atoms with Gasteiger partial charge in [-0.25, -0.2) is 0 Å². The highest BCUT2D eigenvalue weighted by molar-refractivity contribution is 6.09. The summed E-state index contributed by atoms with van der Waals surface area (Å²) in [6.07, 6.45) is 0. The van der Waals surface area contributed by atoms with Gasteiger partial charge in [0.05, 0.1) is 28.1 Å². The van der Waals surface area contributed by atoms with Crippen LogP contribution in [0.2, 0.25) is 0 Å². The highest BCUT2D eigenvalue weighted by Crippen LogP contribution is 2.58. The Labute approximate surface area is 328 Å². The van der Waals surface area contributed by atoms with Crippen LogP contribution in [0.4, 0.5) is 17.1 Å². The van der Waals surface area contributed by atoms with E-state index in [1.54, 1.807) is 0 Å². The first-order valence-corrected chi connectivity index (χ1v) is 19.8. The summed E-state index contributed by atoms with van der Waals surface area (Å²) in [5, 5.41) is 2.52. The van der Waals surface area contributed by atoms with E-state index < -0.39 is 0 Å². The smallest absolute Gasteiger partial charge is 0.0543 e. The number of para-hydroxylation sites is 2. The Balaban J connectivity index is 1.25. The van der Waals surface area contributed by atoms with Crippen molar-refractivity contribution in [3.05, 3.63) is 204 Å². The quantitative estimate of drug-likeness (QED) is 0.172. The fraction of sp³-hybridized carbons (Fsp3) is 0.111. The van der Waals surface area contributed by atoms with Crippen LogP contribution in [0.1, 0.15) is 49.9 Å². The molecule has 1 aromatic heterocycles. The number of fused-ring (bicyclic) bond motifs is 9. The van der Waals surface area contributed by atoms with Crippen LogP contribution >= 0.6 is 0 Å². The van der Waals surface area contributed by atoms with E-state index in [0.29, 0.717) is 0 Å². The average Bonchev–Trinajstić information content (AvgIpc) is 3.79. The normalized spacial score (nSPS) is 14.4. The maximum Gasteiger partial charge on any atom is 0.0543 e. The van der Waals surface area contributed by atoms with Gasteiger partial charge in [0, 0.05) is 38.4 Å². The molecule has 0 unspecified atom stereocenters. The SMILES string of the molecule is CC1(C)c2ccccc2-c2c(N(c3ccc(-n4c5ccccc5c5ccccc54)cc3-c3ccccc3)c3cccc4c3C(C)(C)c3ccccc3-4)cccc21. The lowest BCUT2D eigenvalue weighted by Gasteiger charge is -2.35. The topological polar surface area (TPSA) is 8.17 Å². The molecule has 0 saturated carbocycles. The maximum absolute atomic E-state index is 2.60. The van der Waals surface area contributed by atoms with Gasteiger partial charge in [0.15, 0.2) is 0 Å². The molecular formula is C54H42N2. The first kappa shape index (κ1) is 32.8. The summed E-state index contributed by atoms with van der Waals surface area (Å²) >= 11 is 0. The summed E-state index contributed by atoms with van der Waals surface area (Å²) in [5.41, 5.74) is 19.8. The fourth-order valence-corrected chi connectivity index (χ4v) is 10.2. The molecule has 0 saturated heterocycles. The molecule has 2 nitrogen and oxygen atoms in total. The third kappa shape index (κ3) is 4.50. The van der Waals surface area contributed by atoms with E-state index in [0.717, 1.165) is 11.4 Å². The van der Waals surface area contributed by atoms with E-state index in [1.165, 1.54) is 88.8 Å². The van der Waals surface area contributed by atoms with Crippen LogP contribution in [0, 0.1) is 0 Å². The van der Waals surface area contributed by atoms with E-state index in [9.17, 15) is 0 Å². The third-order valence-electron chi connectivity index (χ3n) is 12.8. The molecule has 0 N–H and O–H groups in total. The second-order valence-electron chi connectivity index (χ2n) is 16.5. The predicted octanol–water partition coefficient (Wildman–Crippen LogP) is 14.5. The molecule has 2 aliphatic carbocycles. The molecule has 0 amide bonds. The number of anilines is 3. The number of hydrogen-bond donors (Lipinski definition) is 0. The number of benzene rings is 8. The second-order valence-corrected chi connectivity index (χ2v) is 16.5. The molecule has 1 heterocycles. The molecule has 9 aromatic rings. The van der Waals surface area contributed by atoms with E-state index in [2.05, 4.69) is 219 Å². The Morgan fingerprint density at radius 3 is 1.68 bits per heavy atom. The number of rotatable bonds is 5. The molecule has 11 rings (SSSR count). The monoisotopic (exact) mass is 718 g/mol. The van der Waals surface area contributed by atoms with Crippen LogP contribution in [-0.4, -0.2) is 4.57 Å². The van der Waals surface area contributed by atoms with Crippen molar-refractivity contribution in [2.24, 2.45) is 0 Å². The largest absolute Gasteiger partial charge is 0.309 e. The zero-order chi connectivity index (χ0) is 37.8. The van der Waals surface area contributed by atoms with Gasteiger partial charge in [-0.05, 0) is 87.0 Å². The number of nitrogens with zero attached hydrogens (tertiary/aromatic N) is 2. The molecule has 2 aliphatic rings. The van der Waals surface area contributed by atoms with Gasteiger partial charge in [0.2, 0.25) is 0 Å². The molecule has 0 radical (unpaired) electrons. The predicted molar refractivity (Wildman–Crippen MR) is 236 cm³/mol.